The lowest BCUT2D eigenvalue weighted by Crippen LogP contribution is -2.53. The number of nitrogens with zero attached hydrogens (tertiary/aromatic N) is 2. The standard InChI is InChI=1S/C17H11Cl2FN2O2S/c18-10-3-9(4-11(19)5-10)16(23)24-13-7-22(8-13)17-21-14-2-1-12(20)6-15(14)25-17/h1-6,13H,7-8H2. The first-order chi connectivity index (χ1) is 12.0. The number of hydrogen-bond acceptors (Lipinski definition) is 5. The van der Waals surface area contributed by atoms with E-state index >= 15 is 0 Å². The second-order valence-corrected chi connectivity index (χ2v) is 7.58. The van der Waals surface area contributed by atoms with Gasteiger partial charge < -0.3 is 9.64 Å². The molecule has 128 valence electrons. The summed E-state index contributed by atoms with van der Waals surface area (Å²) in [6.45, 7) is 1.09. The summed E-state index contributed by atoms with van der Waals surface area (Å²) in [4.78, 5) is 18.6. The number of fused-ring (bicyclic) bond motifs is 1. The van der Waals surface area contributed by atoms with Crippen LogP contribution in [-0.2, 0) is 4.74 Å². The van der Waals surface area contributed by atoms with E-state index in [1.165, 1.54) is 35.6 Å². The molecule has 0 unspecified atom stereocenters. The number of rotatable bonds is 3. The van der Waals surface area contributed by atoms with Crippen molar-refractivity contribution in [1.82, 2.24) is 4.98 Å². The summed E-state index contributed by atoms with van der Waals surface area (Å²) in [5, 5.41) is 1.56. The van der Waals surface area contributed by atoms with Crippen molar-refractivity contribution >= 4 is 55.9 Å². The molecular weight excluding hydrogens is 386 g/mol. The molecule has 0 radical (unpaired) electrons. The van der Waals surface area contributed by atoms with Gasteiger partial charge in [0.05, 0.1) is 28.9 Å². The number of thiazole rings is 1. The Labute approximate surface area is 156 Å². The molecule has 1 saturated heterocycles. The van der Waals surface area contributed by atoms with Crippen molar-refractivity contribution in [2.24, 2.45) is 0 Å². The Bertz CT molecular complexity index is 952. The first-order valence-corrected chi connectivity index (χ1v) is 9.03. The molecule has 1 fully saturated rings. The predicted octanol–water partition coefficient (Wildman–Crippen LogP) is 4.79. The maximum atomic E-state index is 13.3. The first-order valence-electron chi connectivity index (χ1n) is 7.46. The fourth-order valence-corrected chi connectivity index (χ4v) is 4.12. The van der Waals surface area contributed by atoms with Gasteiger partial charge in [-0.2, -0.15) is 0 Å². The van der Waals surface area contributed by atoms with Gasteiger partial charge in [0.15, 0.2) is 5.13 Å². The number of aromatic nitrogens is 1. The smallest absolute Gasteiger partial charge is 0.338 e. The molecule has 3 aromatic rings. The van der Waals surface area contributed by atoms with Gasteiger partial charge in [-0.05, 0) is 36.4 Å². The molecule has 1 aliphatic rings. The Balaban J connectivity index is 1.40. The van der Waals surface area contributed by atoms with E-state index in [-0.39, 0.29) is 11.9 Å². The van der Waals surface area contributed by atoms with E-state index in [0.717, 1.165) is 15.3 Å². The van der Waals surface area contributed by atoms with Crippen molar-refractivity contribution in [3.05, 3.63) is 57.8 Å². The average molecular weight is 397 g/mol. The van der Waals surface area contributed by atoms with Crippen LogP contribution in [0.2, 0.25) is 10.0 Å². The lowest BCUT2D eigenvalue weighted by Gasteiger charge is -2.38. The van der Waals surface area contributed by atoms with Crippen molar-refractivity contribution in [2.75, 3.05) is 18.0 Å². The third kappa shape index (κ3) is 3.42. The highest BCUT2D eigenvalue weighted by Crippen LogP contribution is 2.32. The number of anilines is 1. The average Bonchev–Trinajstić information content (AvgIpc) is 2.91. The zero-order valence-corrected chi connectivity index (χ0v) is 15.0. The van der Waals surface area contributed by atoms with Gasteiger partial charge in [0, 0.05) is 10.0 Å². The highest BCUT2D eigenvalue weighted by Gasteiger charge is 2.32. The number of carbonyl (C=O) groups excluding carboxylic acids is 1. The summed E-state index contributed by atoms with van der Waals surface area (Å²) in [5.74, 6) is -0.737. The number of ether oxygens (including phenoxy) is 1. The maximum Gasteiger partial charge on any atom is 0.338 e. The summed E-state index contributed by atoms with van der Waals surface area (Å²) in [6.07, 6.45) is -0.228. The van der Waals surface area contributed by atoms with E-state index < -0.39 is 5.97 Å². The van der Waals surface area contributed by atoms with Crippen LogP contribution < -0.4 is 4.90 Å². The third-order valence-corrected chi connectivity index (χ3v) is 5.35. The molecule has 25 heavy (non-hydrogen) atoms. The highest BCUT2D eigenvalue weighted by atomic mass is 35.5. The Morgan fingerprint density at radius 2 is 1.92 bits per heavy atom. The summed E-state index contributed by atoms with van der Waals surface area (Å²) in [6, 6.07) is 9.12. The van der Waals surface area contributed by atoms with Crippen LogP contribution in [0.5, 0.6) is 0 Å². The van der Waals surface area contributed by atoms with E-state index in [4.69, 9.17) is 27.9 Å². The SMILES string of the molecule is O=C(OC1CN(c2nc3ccc(F)cc3s2)C1)c1cc(Cl)cc(Cl)c1. The second kappa shape index (κ2) is 6.44. The minimum absolute atomic E-state index is 0.228. The molecular formula is C17H11Cl2FN2O2S. The fourth-order valence-electron chi connectivity index (χ4n) is 2.58. The molecule has 0 aliphatic carbocycles. The van der Waals surface area contributed by atoms with E-state index in [2.05, 4.69) is 4.98 Å². The normalized spacial score (nSPS) is 14.6. The van der Waals surface area contributed by atoms with Crippen LogP contribution in [0.15, 0.2) is 36.4 Å². The van der Waals surface area contributed by atoms with Gasteiger partial charge in [-0.3, -0.25) is 0 Å². The van der Waals surface area contributed by atoms with Gasteiger partial charge in [0.1, 0.15) is 11.9 Å². The lowest BCUT2D eigenvalue weighted by atomic mass is 10.2. The molecule has 0 spiro atoms. The molecule has 0 saturated carbocycles. The Morgan fingerprint density at radius 3 is 2.64 bits per heavy atom. The molecule has 1 aromatic heterocycles. The first kappa shape index (κ1) is 16.6. The molecule has 1 aliphatic heterocycles. The molecule has 0 N–H and O–H groups in total. The van der Waals surface area contributed by atoms with Crippen LogP contribution in [0.4, 0.5) is 9.52 Å². The largest absolute Gasteiger partial charge is 0.455 e. The number of carbonyl (C=O) groups is 1. The van der Waals surface area contributed by atoms with Gasteiger partial charge in [-0.15, -0.1) is 0 Å². The molecule has 0 amide bonds. The molecule has 4 rings (SSSR count). The van der Waals surface area contributed by atoms with Gasteiger partial charge in [0.25, 0.3) is 0 Å². The van der Waals surface area contributed by atoms with Gasteiger partial charge >= 0.3 is 5.97 Å². The number of benzene rings is 2. The zero-order chi connectivity index (χ0) is 17.6. The Hall–Kier alpha value is -1.89. The predicted molar refractivity (Wildman–Crippen MR) is 97.5 cm³/mol. The minimum atomic E-state index is -0.458. The van der Waals surface area contributed by atoms with E-state index in [9.17, 15) is 9.18 Å². The van der Waals surface area contributed by atoms with Crippen LogP contribution in [0.3, 0.4) is 0 Å². The van der Waals surface area contributed by atoms with Gasteiger partial charge in [-0.25, -0.2) is 14.2 Å². The lowest BCUT2D eigenvalue weighted by molar-refractivity contribution is 0.0234. The minimum Gasteiger partial charge on any atom is -0.455 e. The Kier molecular flexibility index (Phi) is 4.27. The van der Waals surface area contributed by atoms with Crippen LogP contribution in [0.1, 0.15) is 10.4 Å². The zero-order valence-electron chi connectivity index (χ0n) is 12.7. The van der Waals surface area contributed by atoms with E-state index in [1.54, 1.807) is 12.1 Å². The van der Waals surface area contributed by atoms with E-state index in [1.807, 2.05) is 4.90 Å². The highest BCUT2D eigenvalue weighted by molar-refractivity contribution is 7.22. The quantitative estimate of drug-likeness (QED) is 0.597. The summed E-state index contributed by atoms with van der Waals surface area (Å²) in [7, 11) is 0. The number of hydrogen-bond donors (Lipinski definition) is 0. The summed E-state index contributed by atoms with van der Waals surface area (Å²) >= 11 is 13.2. The van der Waals surface area contributed by atoms with E-state index in [0.29, 0.717) is 28.7 Å². The van der Waals surface area contributed by atoms with Crippen molar-refractivity contribution in [2.45, 2.75) is 6.10 Å². The van der Waals surface area contributed by atoms with Gasteiger partial charge in [-0.1, -0.05) is 34.5 Å². The molecule has 0 bridgehead atoms. The second-order valence-electron chi connectivity index (χ2n) is 5.70. The Morgan fingerprint density at radius 1 is 1.20 bits per heavy atom. The van der Waals surface area contributed by atoms with Crippen LogP contribution in [0, 0.1) is 5.82 Å². The molecule has 8 heteroatoms. The van der Waals surface area contributed by atoms with Crippen LogP contribution in [0.25, 0.3) is 10.2 Å². The number of halogens is 3. The van der Waals surface area contributed by atoms with Crippen molar-refractivity contribution in [3.63, 3.8) is 0 Å². The van der Waals surface area contributed by atoms with Crippen molar-refractivity contribution in [3.8, 4) is 0 Å². The van der Waals surface area contributed by atoms with Crippen LogP contribution in [-0.4, -0.2) is 30.1 Å². The summed E-state index contributed by atoms with van der Waals surface area (Å²) in [5.41, 5.74) is 1.09. The van der Waals surface area contributed by atoms with Crippen molar-refractivity contribution < 1.29 is 13.9 Å². The summed E-state index contributed by atoms with van der Waals surface area (Å²) < 4.78 is 19.5. The third-order valence-electron chi connectivity index (χ3n) is 3.83. The molecule has 0 atom stereocenters. The van der Waals surface area contributed by atoms with Crippen molar-refractivity contribution in [1.29, 1.82) is 0 Å². The molecule has 4 nitrogen and oxygen atoms in total. The fraction of sp³-hybridized carbons (Fsp3) is 0.176. The molecule has 2 aromatic carbocycles. The van der Waals surface area contributed by atoms with Crippen LogP contribution >= 0.6 is 34.5 Å². The topological polar surface area (TPSA) is 42.4 Å². The molecule has 2 heterocycles. The van der Waals surface area contributed by atoms with Gasteiger partial charge in [0.2, 0.25) is 0 Å². The number of esters is 1. The maximum absolute atomic E-state index is 13.3. The monoisotopic (exact) mass is 396 g/mol.